The number of nitrogens with zero attached hydrogens (tertiary/aromatic N) is 3. The number of rotatable bonds is 6. The van der Waals surface area contributed by atoms with E-state index in [4.69, 9.17) is 4.74 Å². The Morgan fingerprint density at radius 2 is 1.94 bits per heavy atom. The van der Waals surface area contributed by atoms with Crippen LogP contribution in [0.5, 0.6) is 11.6 Å². The number of ether oxygens (including phenoxy) is 1. The third kappa shape index (κ3) is 5.03. The van der Waals surface area contributed by atoms with E-state index in [2.05, 4.69) is 31.2 Å². The molecule has 0 saturated heterocycles. The highest BCUT2D eigenvalue weighted by atomic mass is 79.9. The summed E-state index contributed by atoms with van der Waals surface area (Å²) in [7, 11) is 0. The summed E-state index contributed by atoms with van der Waals surface area (Å²) in [5.74, 6) is 0.952. The zero-order valence-electron chi connectivity index (χ0n) is 17.6. The molecule has 4 aromatic rings. The molecule has 1 amide bonds. The Balaban J connectivity index is 1.37. The predicted octanol–water partition coefficient (Wildman–Crippen LogP) is 4.28. The Bertz CT molecular complexity index is 1350. The molecule has 1 N–H and O–H groups in total. The van der Waals surface area contributed by atoms with Gasteiger partial charge < -0.3 is 10.1 Å². The second kappa shape index (κ2) is 9.32. The van der Waals surface area contributed by atoms with Crippen molar-refractivity contribution >= 4 is 32.7 Å². The molecule has 2 aromatic heterocycles. The summed E-state index contributed by atoms with van der Waals surface area (Å²) in [5.41, 5.74) is 3.28. The number of aryl methyl sites for hydroxylation is 2. The van der Waals surface area contributed by atoms with Crippen LogP contribution < -0.4 is 15.6 Å². The summed E-state index contributed by atoms with van der Waals surface area (Å²) in [6, 6.07) is 14.9. The standard InChI is InChI=1S/C24H21BrN4O3/c1-15-3-4-16(2)21(9-15)32-23-8-5-17(12-27-23)11-26-22(30)13-29-14-28-20-7-6-18(25)10-19(20)24(29)31/h3-10,12,14H,11,13H2,1-2H3,(H,26,30). The van der Waals surface area contributed by atoms with Gasteiger partial charge in [-0.2, -0.15) is 0 Å². The number of hydrogen-bond donors (Lipinski definition) is 1. The van der Waals surface area contributed by atoms with Gasteiger partial charge in [0.2, 0.25) is 11.8 Å². The maximum atomic E-state index is 12.6. The van der Waals surface area contributed by atoms with E-state index in [0.717, 1.165) is 26.9 Å². The van der Waals surface area contributed by atoms with Crippen molar-refractivity contribution in [1.82, 2.24) is 19.9 Å². The normalized spacial score (nSPS) is 10.8. The molecule has 8 heteroatoms. The second-order valence-electron chi connectivity index (χ2n) is 7.49. The minimum Gasteiger partial charge on any atom is -0.439 e. The van der Waals surface area contributed by atoms with Crippen LogP contribution in [0.3, 0.4) is 0 Å². The molecule has 4 rings (SSSR count). The minimum atomic E-state index is -0.293. The second-order valence-corrected chi connectivity index (χ2v) is 8.41. The molecular weight excluding hydrogens is 472 g/mol. The number of pyridine rings is 1. The fourth-order valence-electron chi connectivity index (χ4n) is 3.16. The summed E-state index contributed by atoms with van der Waals surface area (Å²) < 4.78 is 7.94. The van der Waals surface area contributed by atoms with Gasteiger partial charge in [0.1, 0.15) is 12.3 Å². The molecule has 32 heavy (non-hydrogen) atoms. The van der Waals surface area contributed by atoms with Gasteiger partial charge in [0.05, 0.1) is 17.2 Å². The number of fused-ring (bicyclic) bond motifs is 1. The van der Waals surface area contributed by atoms with Crippen LogP contribution in [0, 0.1) is 13.8 Å². The number of carbonyl (C=O) groups excluding carboxylic acids is 1. The first kappa shape index (κ1) is 21.7. The van der Waals surface area contributed by atoms with Gasteiger partial charge in [-0.3, -0.25) is 14.2 Å². The molecule has 7 nitrogen and oxygen atoms in total. The molecule has 0 saturated carbocycles. The van der Waals surface area contributed by atoms with Crippen LogP contribution in [-0.2, 0) is 17.9 Å². The molecular formula is C24H21BrN4O3. The molecule has 0 aliphatic heterocycles. The number of aromatic nitrogens is 3. The van der Waals surface area contributed by atoms with Crippen molar-refractivity contribution in [2.75, 3.05) is 0 Å². The van der Waals surface area contributed by atoms with E-state index in [1.807, 2.05) is 44.2 Å². The van der Waals surface area contributed by atoms with E-state index in [1.165, 1.54) is 10.9 Å². The van der Waals surface area contributed by atoms with Gasteiger partial charge in [-0.15, -0.1) is 0 Å². The number of benzene rings is 2. The van der Waals surface area contributed by atoms with E-state index in [0.29, 0.717) is 16.8 Å². The summed E-state index contributed by atoms with van der Waals surface area (Å²) in [6.07, 6.45) is 3.04. The van der Waals surface area contributed by atoms with Gasteiger partial charge in [0, 0.05) is 23.3 Å². The molecule has 2 heterocycles. The lowest BCUT2D eigenvalue weighted by atomic mass is 10.1. The van der Waals surface area contributed by atoms with Gasteiger partial charge in [-0.25, -0.2) is 9.97 Å². The number of hydrogen-bond acceptors (Lipinski definition) is 5. The Labute approximate surface area is 193 Å². The Kier molecular flexibility index (Phi) is 6.32. The monoisotopic (exact) mass is 492 g/mol. The van der Waals surface area contributed by atoms with Gasteiger partial charge in [-0.1, -0.05) is 34.1 Å². The van der Waals surface area contributed by atoms with Crippen molar-refractivity contribution in [2.24, 2.45) is 0 Å². The van der Waals surface area contributed by atoms with Gasteiger partial charge in [0.25, 0.3) is 5.56 Å². The lowest BCUT2D eigenvalue weighted by Gasteiger charge is -2.10. The smallest absolute Gasteiger partial charge is 0.261 e. The van der Waals surface area contributed by atoms with Crippen LogP contribution in [0.1, 0.15) is 16.7 Å². The topological polar surface area (TPSA) is 86.1 Å². The van der Waals surface area contributed by atoms with Crippen molar-refractivity contribution in [1.29, 1.82) is 0 Å². The fraction of sp³-hybridized carbons (Fsp3) is 0.167. The summed E-state index contributed by atoms with van der Waals surface area (Å²) >= 11 is 3.35. The van der Waals surface area contributed by atoms with Crippen LogP contribution in [0.4, 0.5) is 0 Å². The van der Waals surface area contributed by atoms with E-state index in [1.54, 1.807) is 24.4 Å². The Morgan fingerprint density at radius 1 is 1.09 bits per heavy atom. The van der Waals surface area contributed by atoms with Crippen molar-refractivity contribution in [3.8, 4) is 11.6 Å². The summed E-state index contributed by atoms with van der Waals surface area (Å²) in [5, 5.41) is 3.26. The highest BCUT2D eigenvalue weighted by Crippen LogP contribution is 2.24. The number of carbonyl (C=O) groups is 1. The molecule has 0 radical (unpaired) electrons. The maximum Gasteiger partial charge on any atom is 0.261 e. The average molecular weight is 493 g/mol. The molecule has 0 fully saturated rings. The van der Waals surface area contributed by atoms with Crippen LogP contribution in [-0.4, -0.2) is 20.4 Å². The van der Waals surface area contributed by atoms with E-state index in [-0.39, 0.29) is 24.6 Å². The largest absolute Gasteiger partial charge is 0.439 e. The lowest BCUT2D eigenvalue weighted by molar-refractivity contribution is -0.121. The molecule has 0 atom stereocenters. The van der Waals surface area contributed by atoms with Crippen LogP contribution in [0.2, 0.25) is 0 Å². The van der Waals surface area contributed by atoms with Crippen LogP contribution in [0.15, 0.2) is 70.3 Å². The van der Waals surface area contributed by atoms with Gasteiger partial charge in [0.15, 0.2) is 0 Å². The van der Waals surface area contributed by atoms with Crippen LogP contribution in [0.25, 0.3) is 10.9 Å². The maximum absolute atomic E-state index is 12.6. The third-order valence-corrected chi connectivity index (χ3v) is 5.44. The van der Waals surface area contributed by atoms with Crippen molar-refractivity contribution in [2.45, 2.75) is 26.9 Å². The first-order valence-electron chi connectivity index (χ1n) is 10.0. The molecule has 0 aliphatic rings. The van der Waals surface area contributed by atoms with E-state index in [9.17, 15) is 9.59 Å². The average Bonchev–Trinajstić information content (AvgIpc) is 2.78. The first-order valence-corrected chi connectivity index (χ1v) is 10.8. The minimum absolute atomic E-state index is 0.116. The molecule has 0 unspecified atom stereocenters. The highest BCUT2D eigenvalue weighted by Gasteiger charge is 2.09. The summed E-state index contributed by atoms with van der Waals surface area (Å²) in [6.45, 7) is 4.16. The van der Waals surface area contributed by atoms with Crippen molar-refractivity contribution in [3.63, 3.8) is 0 Å². The highest BCUT2D eigenvalue weighted by molar-refractivity contribution is 9.10. The predicted molar refractivity (Wildman–Crippen MR) is 126 cm³/mol. The SMILES string of the molecule is Cc1ccc(C)c(Oc2ccc(CNC(=O)Cn3cnc4ccc(Br)cc4c3=O)cn2)c1. The third-order valence-electron chi connectivity index (χ3n) is 4.95. The Morgan fingerprint density at radius 3 is 2.72 bits per heavy atom. The van der Waals surface area contributed by atoms with Crippen LogP contribution >= 0.6 is 15.9 Å². The Hall–Kier alpha value is -3.52. The van der Waals surface area contributed by atoms with Gasteiger partial charge >= 0.3 is 0 Å². The zero-order chi connectivity index (χ0) is 22.7. The van der Waals surface area contributed by atoms with Gasteiger partial charge in [-0.05, 0) is 54.8 Å². The molecule has 0 spiro atoms. The number of amides is 1. The number of halogens is 1. The molecule has 0 aliphatic carbocycles. The zero-order valence-corrected chi connectivity index (χ0v) is 19.2. The van der Waals surface area contributed by atoms with Crippen molar-refractivity contribution in [3.05, 3.63) is 92.6 Å². The lowest BCUT2D eigenvalue weighted by Crippen LogP contribution is -2.32. The fourth-order valence-corrected chi connectivity index (χ4v) is 3.52. The number of nitrogens with one attached hydrogen (secondary N) is 1. The quantitative estimate of drug-likeness (QED) is 0.434. The molecule has 0 bridgehead atoms. The summed E-state index contributed by atoms with van der Waals surface area (Å²) in [4.78, 5) is 33.6. The first-order chi connectivity index (χ1) is 15.4. The van der Waals surface area contributed by atoms with Crippen molar-refractivity contribution < 1.29 is 9.53 Å². The molecule has 162 valence electrons. The molecule has 2 aromatic carbocycles. The van der Waals surface area contributed by atoms with E-state index >= 15 is 0 Å². The van der Waals surface area contributed by atoms with E-state index < -0.39 is 0 Å².